The van der Waals surface area contributed by atoms with Crippen molar-refractivity contribution in [1.29, 1.82) is 0 Å². The Morgan fingerprint density at radius 2 is 2.00 bits per heavy atom. The average Bonchev–Trinajstić information content (AvgIpc) is 2.28. The highest BCUT2D eigenvalue weighted by Gasteiger charge is 2.13. The molecule has 0 saturated heterocycles. The number of nitrogens with two attached hydrogens (primary N) is 1. The van der Waals surface area contributed by atoms with Gasteiger partial charge in [0.25, 0.3) is 0 Å². The van der Waals surface area contributed by atoms with Crippen molar-refractivity contribution in [2.24, 2.45) is 11.7 Å². The molecule has 17 heavy (non-hydrogen) atoms. The third-order valence-electron chi connectivity index (χ3n) is 3.17. The van der Waals surface area contributed by atoms with E-state index < -0.39 is 0 Å². The van der Waals surface area contributed by atoms with Crippen LogP contribution >= 0.6 is 0 Å². The molecule has 0 fully saturated rings. The molecule has 0 radical (unpaired) electrons. The van der Waals surface area contributed by atoms with Gasteiger partial charge in [-0.2, -0.15) is 0 Å². The Morgan fingerprint density at radius 3 is 2.53 bits per heavy atom. The van der Waals surface area contributed by atoms with Crippen molar-refractivity contribution in [3.05, 3.63) is 29.6 Å². The van der Waals surface area contributed by atoms with Crippen LogP contribution in [0.3, 0.4) is 0 Å². The second-order valence-corrected chi connectivity index (χ2v) is 4.89. The normalized spacial score (nSPS) is 14.5. The molecule has 1 rings (SSSR count). The van der Waals surface area contributed by atoms with Crippen LogP contribution in [0.2, 0.25) is 0 Å². The number of hydrogen-bond acceptors (Lipinski definition) is 2. The fourth-order valence-electron chi connectivity index (χ4n) is 1.93. The Hall–Kier alpha value is -1.09. The summed E-state index contributed by atoms with van der Waals surface area (Å²) >= 11 is 0. The SMILES string of the molecule is CCC(C)CN(C)c1ccc(F)cc1[C@H](C)N. The lowest BCUT2D eigenvalue weighted by atomic mass is 10.0. The molecule has 1 unspecified atom stereocenters. The highest BCUT2D eigenvalue weighted by Crippen LogP contribution is 2.26. The molecular formula is C14H23FN2. The number of halogens is 1. The Kier molecular flexibility index (Phi) is 4.94. The maximum Gasteiger partial charge on any atom is 0.123 e. The zero-order valence-corrected chi connectivity index (χ0v) is 11.2. The van der Waals surface area contributed by atoms with E-state index >= 15 is 0 Å². The molecule has 0 aliphatic heterocycles. The fraction of sp³-hybridized carbons (Fsp3) is 0.571. The zero-order valence-electron chi connectivity index (χ0n) is 11.2. The number of rotatable bonds is 5. The molecule has 0 aliphatic carbocycles. The predicted octanol–water partition coefficient (Wildman–Crippen LogP) is 3.33. The fourth-order valence-corrected chi connectivity index (χ4v) is 1.93. The van der Waals surface area contributed by atoms with Crippen molar-refractivity contribution < 1.29 is 4.39 Å². The summed E-state index contributed by atoms with van der Waals surface area (Å²) in [5, 5.41) is 0. The molecular weight excluding hydrogens is 215 g/mol. The van der Waals surface area contributed by atoms with Gasteiger partial charge in [-0.05, 0) is 36.6 Å². The lowest BCUT2D eigenvalue weighted by molar-refractivity contribution is 0.557. The van der Waals surface area contributed by atoms with Gasteiger partial charge in [-0.25, -0.2) is 4.39 Å². The van der Waals surface area contributed by atoms with Crippen LogP contribution in [0, 0.1) is 11.7 Å². The van der Waals surface area contributed by atoms with Gasteiger partial charge in [0.1, 0.15) is 5.82 Å². The lowest BCUT2D eigenvalue weighted by Gasteiger charge is -2.26. The molecule has 2 atom stereocenters. The number of anilines is 1. The van der Waals surface area contributed by atoms with E-state index in [1.54, 1.807) is 0 Å². The van der Waals surface area contributed by atoms with Crippen LogP contribution in [0.25, 0.3) is 0 Å². The molecule has 0 amide bonds. The minimum Gasteiger partial charge on any atom is -0.374 e. The van der Waals surface area contributed by atoms with Crippen molar-refractivity contribution in [2.75, 3.05) is 18.5 Å². The van der Waals surface area contributed by atoms with Crippen LogP contribution in [-0.2, 0) is 0 Å². The van der Waals surface area contributed by atoms with Gasteiger partial charge in [0, 0.05) is 25.3 Å². The maximum absolute atomic E-state index is 13.2. The van der Waals surface area contributed by atoms with Crippen molar-refractivity contribution in [3.8, 4) is 0 Å². The first-order chi connectivity index (χ1) is 7.95. The number of hydrogen-bond donors (Lipinski definition) is 1. The van der Waals surface area contributed by atoms with E-state index in [1.165, 1.54) is 12.1 Å². The summed E-state index contributed by atoms with van der Waals surface area (Å²) in [5.74, 6) is 0.393. The average molecular weight is 238 g/mol. The van der Waals surface area contributed by atoms with E-state index in [4.69, 9.17) is 5.73 Å². The highest BCUT2D eigenvalue weighted by molar-refractivity contribution is 5.54. The molecule has 2 N–H and O–H groups in total. The van der Waals surface area contributed by atoms with Crippen molar-refractivity contribution in [3.63, 3.8) is 0 Å². The minimum atomic E-state index is -0.224. The summed E-state index contributed by atoms with van der Waals surface area (Å²) in [6.07, 6.45) is 1.14. The van der Waals surface area contributed by atoms with E-state index in [1.807, 2.05) is 20.0 Å². The third-order valence-corrected chi connectivity index (χ3v) is 3.17. The monoisotopic (exact) mass is 238 g/mol. The molecule has 0 bridgehead atoms. The Labute approximate surface area is 104 Å². The quantitative estimate of drug-likeness (QED) is 0.852. The largest absolute Gasteiger partial charge is 0.374 e. The number of nitrogens with zero attached hydrogens (tertiary/aromatic N) is 1. The maximum atomic E-state index is 13.2. The molecule has 3 heteroatoms. The molecule has 96 valence electrons. The summed E-state index contributed by atoms with van der Waals surface area (Å²) in [7, 11) is 2.03. The van der Waals surface area contributed by atoms with Crippen molar-refractivity contribution >= 4 is 5.69 Å². The van der Waals surface area contributed by atoms with Gasteiger partial charge in [-0.3, -0.25) is 0 Å². The van der Waals surface area contributed by atoms with Crippen LogP contribution in [-0.4, -0.2) is 13.6 Å². The molecule has 0 aromatic heterocycles. The van der Waals surface area contributed by atoms with E-state index in [0.717, 1.165) is 24.2 Å². The van der Waals surface area contributed by atoms with Gasteiger partial charge in [0.05, 0.1) is 0 Å². The van der Waals surface area contributed by atoms with Crippen LogP contribution in [0.5, 0.6) is 0 Å². The second kappa shape index (κ2) is 6.01. The molecule has 0 spiro atoms. The smallest absolute Gasteiger partial charge is 0.123 e. The Balaban J connectivity index is 2.96. The standard InChI is InChI=1S/C14H23FN2/c1-5-10(2)9-17(4)14-7-6-12(15)8-13(14)11(3)16/h6-8,10-11H,5,9,16H2,1-4H3/t10?,11-/m0/s1. The van der Waals surface area contributed by atoms with Gasteiger partial charge in [-0.1, -0.05) is 20.3 Å². The van der Waals surface area contributed by atoms with E-state index in [2.05, 4.69) is 18.7 Å². The van der Waals surface area contributed by atoms with Gasteiger partial charge in [0.15, 0.2) is 0 Å². The van der Waals surface area contributed by atoms with Gasteiger partial charge in [0.2, 0.25) is 0 Å². The lowest BCUT2D eigenvalue weighted by Crippen LogP contribution is -2.25. The Bertz CT molecular complexity index is 363. The summed E-state index contributed by atoms with van der Waals surface area (Å²) < 4.78 is 13.2. The first-order valence-corrected chi connectivity index (χ1v) is 6.21. The molecule has 1 aromatic rings. The van der Waals surface area contributed by atoms with Crippen LogP contribution in [0.4, 0.5) is 10.1 Å². The molecule has 0 heterocycles. The van der Waals surface area contributed by atoms with Gasteiger partial charge in [-0.15, -0.1) is 0 Å². The highest BCUT2D eigenvalue weighted by atomic mass is 19.1. The van der Waals surface area contributed by atoms with Crippen LogP contribution in [0.15, 0.2) is 18.2 Å². The molecule has 0 aliphatic rings. The zero-order chi connectivity index (χ0) is 13.0. The number of benzene rings is 1. The Morgan fingerprint density at radius 1 is 1.35 bits per heavy atom. The van der Waals surface area contributed by atoms with E-state index in [0.29, 0.717) is 5.92 Å². The van der Waals surface area contributed by atoms with Crippen LogP contribution in [0.1, 0.15) is 38.8 Å². The van der Waals surface area contributed by atoms with E-state index in [9.17, 15) is 4.39 Å². The topological polar surface area (TPSA) is 29.3 Å². The summed E-state index contributed by atoms with van der Waals surface area (Å²) in [5.41, 5.74) is 7.79. The summed E-state index contributed by atoms with van der Waals surface area (Å²) in [6, 6.07) is 4.69. The summed E-state index contributed by atoms with van der Waals surface area (Å²) in [6.45, 7) is 7.23. The predicted molar refractivity (Wildman–Crippen MR) is 71.7 cm³/mol. The first-order valence-electron chi connectivity index (χ1n) is 6.21. The minimum absolute atomic E-state index is 0.153. The van der Waals surface area contributed by atoms with Gasteiger partial charge < -0.3 is 10.6 Å². The summed E-state index contributed by atoms with van der Waals surface area (Å²) in [4.78, 5) is 2.16. The van der Waals surface area contributed by atoms with Gasteiger partial charge >= 0.3 is 0 Å². The second-order valence-electron chi connectivity index (χ2n) is 4.89. The first kappa shape index (κ1) is 14.0. The molecule has 0 saturated carbocycles. The third kappa shape index (κ3) is 3.70. The molecule has 1 aromatic carbocycles. The van der Waals surface area contributed by atoms with Crippen LogP contribution < -0.4 is 10.6 Å². The van der Waals surface area contributed by atoms with Crippen molar-refractivity contribution in [2.45, 2.75) is 33.2 Å². The van der Waals surface area contributed by atoms with Crippen molar-refractivity contribution in [1.82, 2.24) is 0 Å². The van der Waals surface area contributed by atoms with E-state index in [-0.39, 0.29) is 11.9 Å². The molecule has 2 nitrogen and oxygen atoms in total.